The molecule has 10 aromatic rings. The van der Waals surface area contributed by atoms with E-state index in [1.165, 1.54) is 11.1 Å². The van der Waals surface area contributed by atoms with Crippen LogP contribution in [0.4, 0.5) is 0 Å². The SMILES string of the molecule is c1ccc(-c2ccc(-c3cc(-c4ccccc4)nc(-c4ccc(-c5c6ccccc6nc6c5ccc5ccc(-c7ccccc7)nc56)cc4)n3)cc2)cc1. The van der Waals surface area contributed by atoms with Gasteiger partial charge in [-0.15, -0.1) is 0 Å². The molecule has 252 valence electrons. The molecule has 0 bridgehead atoms. The molecule has 0 amide bonds. The van der Waals surface area contributed by atoms with Crippen LogP contribution in [0, 0.1) is 0 Å². The van der Waals surface area contributed by atoms with Crippen molar-refractivity contribution in [3.63, 3.8) is 0 Å². The minimum absolute atomic E-state index is 0.679. The van der Waals surface area contributed by atoms with Crippen LogP contribution >= 0.6 is 0 Å². The maximum absolute atomic E-state index is 5.21. The van der Waals surface area contributed by atoms with Gasteiger partial charge >= 0.3 is 0 Å². The molecule has 3 aromatic heterocycles. The van der Waals surface area contributed by atoms with Crippen molar-refractivity contribution >= 4 is 32.7 Å². The topological polar surface area (TPSA) is 51.6 Å². The molecule has 0 spiro atoms. The van der Waals surface area contributed by atoms with Crippen molar-refractivity contribution in [2.45, 2.75) is 0 Å². The molecule has 0 unspecified atom stereocenters. The molecule has 0 saturated carbocycles. The number of rotatable bonds is 6. The zero-order valence-electron chi connectivity index (χ0n) is 29.3. The van der Waals surface area contributed by atoms with Crippen LogP contribution in [0.25, 0.3) is 100 Å². The van der Waals surface area contributed by atoms with E-state index < -0.39 is 0 Å². The Bertz CT molecular complexity index is 2940. The highest BCUT2D eigenvalue weighted by Gasteiger charge is 2.16. The molecule has 54 heavy (non-hydrogen) atoms. The van der Waals surface area contributed by atoms with Gasteiger partial charge in [-0.1, -0.05) is 176 Å². The molecular weight excluding hydrogens is 657 g/mol. The first-order valence-corrected chi connectivity index (χ1v) is 18.1. The summed E-state index contributed by atoms with van der Waals surface area (Å²) in [4.78, 5) is 20.6. The van der Waals surface area contributed by atoms with Gasteiger partial charge in [0, 0.05) is 44.0 Å². The number of hydrogen-bond acceptors (Lipinski definition) is 4. The van der Waals surface area contributed by atoms with E-state index in [4.69, 9.17) is 19.9 Å². The lowest BCUT2D eigenvalue weighted by Crippen LogP contribution is -1.96. The molecule has 0 atom stereocenters. The summed E-state index contributed by atoms with van der Waals surface area (Å²) in [5.74, 6) is 0.679. The second kappa shape index (κ2) is 13.4. The Balaban J connectivity index is 1.09. The van der Waals surface area contributed by atoms with Gasteiger partial charge in [-0.05, 0) is 34.9 Å². The summed E-state index contributed by atoms with van der Waals surface area (Å²) in [6, 6.07) is 67.3. The Kier molecular flexibility index (Phi) is 7.77. The predicted molar refractivity (Wildman–Crippen MR) is 223 cm³/mol. The fourth-order valence-electron chi connectivity index (χ4n) is 7.35. The molecular formula is C50H32N4. The lowest BCUT2D eigenvalue weighted by molar-refractivity contribution is 1.18. The summed E-state index contributed by atoms with van der Waals surface area (Å²) >= 11 is 0. The average molecular weight is 689 g/mol. The molecule has 0 aliphatic rings. The van der Waals surface area contributed by atoms with Gasteiger partial charge in [0.05, 0.1) is 33.6 Å². The van der Waals surface area contributed by atoms with Crippen molar-refractivity contribution < 1.29 is 0 Å². The highest BCUT2D eigenvalue weighted by molar-refractivity contribution is 6.16. The number of para-hydroxylation sites is 1. The van der Waals surface area contributed by atoms with Crippen LogP contribution in [0.15, 0.2) is 194 Å². The summed E-state index contributed by atoms with van der Waals surface area (Å²) in [5, 5.41) is 3.22. The van der Waals surface area contributed by atoms with Gasteiger partial charge in [-0.2, -0.15) is 0 Å². The summed E-state index contributed by atoms with van der Waals surface area (Å²) in [7, 11) is 0. The Hall–Kier alpha value is -7.30. The van der Waals surface area contributed by atoms with E-state index in [2.05, 4.69) is 146 Å². The number of nitrogens with zero attached hydrogens (tertiary/aromatic N) is 4. The number of fused-ring (bicyclic) bond motifs is 4. The van der Waals surface area contributed by atoms with Crippen LogP contribution in [0.2, 0.25) is 0 Å². The third kappa shape index (κ3) is 5.76. The highest BCUT2D eigenvalue weighted by atomic mass is 14.9. The summed E-state index contributed by atoms with van der Waals surface area (Å²) < 4.78 is 0. The first-order valence-electron chi connectivity index (χ1n) is 18.1. The Morgan fingerprint density at radius 2 is 0.778 bits per heavy atom. The minimum atomic E-state index is 0.679. The van der Waals surface area contributed by atoms with Gasteiger partial charge in [-0.3, -0.25) is 0 Å². The van der Waals surface area contributed by atoms with Crippen molar-refractivity contribution in [2.75, 3.05) is 0 Å². The smallest absolute Gasteiger partial charge is 0.160 e. The molecule has 7 aromatic carbocycles. The summed E-state index contributed by atoms with van der Waals surface area (Å²) in [5.41, 5.74) is 14.1. The third-order valence-electron chi connectivity index (χ3n) is 10.1. The maximum atomic E-state index is 5.21. The van der Waals surface area contributed by atoms with Gasteiger partial charge in [0.15, 0.2) is 5.82 Å². The molecule has 4 heteroatoms. The monoisotopic (exact) mass is 688 g/mol. The second-order valence-corrected chi connectivity index (χ2v) is 13.4. The molecule has 0 aliphatic heterocycles. The number of hydrogen-bond donors (Lipinski definition) is 0. The molecule has 0 N–H and O–H groups in total. The fourth-order valence-corrected chi connectivity index (χ4v) is 7.35. The lowest BCUT2D eigenvalue weighted by atomic mass is 9.94. The molecule has 0 fully saturated rings. The van der Waals surface area contributed by atoms with Crippen molar-refractivity contribution in [3.8, 4) is 67.4 Å². The molecule has 4 nitrogen and oxygen atoms in total. The van der Waals surface area contributed by atoms with Gasteiger partial charge in [0.2, 0.25) is 0 Å². The van der Waals surface area contributed by atoms with Crippen LogP contribution in [0.1, 0.15) is 0 Å². The van der Waals surface area contributed by atoms with E-state index in [9.17, 15) is 0 Å². The van der Waals surface area contributed by atoms with E-state index in [1.54, 1.807) is 0 Å². The van der Waals surface area contributed by atoms with E-state index in [-0.39, 0.29) is 0 Å². The minimum Gasteiger partial charge on any atom is -0.245 e. The summed E-state index contributed by atoms with van der Waals surface area (Å²) in [6.45, 7) is 0. The first kappa shape index (κ1) is 31.4. The van der Waals surface area contributed by atoms with Crippen LogP contribution < -0.4 is 0 Å². The molecule has 0 radical (unpaired) electrons. The van der Waals surface area contributed by atoms with Crippen molar-refractivity contribution in [2.24, 2.45) is 0 Å². The van der Waals surface area contributed by atoms with Gasteiger partial charge in [0.25, 0.3) is 0 Å². The van der Waals surface area contributed by atoms with E-state index in [0.29, 0.717) is 5.82 Å². The largest absolute Gasteiger partial charge is 0.245 e. The molecule has 0 aliphatic carbocycles. The molecule has 3 heterocycles. The van der Waals surface area contributed by atoms with Gasteiger partial charge in [-0.25, -0.2) is 19.9 Å². The number of benzene rings is 7. The zero-order chi connectivity index (χ0) is 35.8. The van der Waals surface area contributed by atoms with E-state index in [1.807, 2.05) is 48.5 Å². The van der Waals surface area contributed by atoms with Crippen LogP contribution in [0.5, 0.6) is 0 Å². The number of pyridine rings is 2. The van der Waals surface area contributed by atoms with E-state index >= 15 is 0 Å². The van der Waals surface area contributed by atoms with Gasteiger partial charge in [0.1, 0.15) is 0 Å². The Labute approximate surface area is 313 Å². The van der Waals surface area contributed by atoms with Crippen molar-refractivity contribution in [3.05, 3.63) is 194 Å². The Morgan fingerprint density at radius 1 is 0.278 bits per heavy atom. The quantitative estimate of drug-likeness (QED) is 0.129. The molecule has 10 rings (SSSR count). The fraction of sp³-hybridized carbons (Fsp3) is 0. The highest BCUT2D eigenvalue weighted by Crippen LogP contribution is 2.39. The zero-order valence-corrected chi connectivity index (χ0v) is 29.3. The summed E-state index contributed by atoms with van der Waals surface area (Å²) in [6.07, 6.45) is 0. The number of aromatic nitrogens is 4. The van der Waals surface area contributed by atoms with Crippen LogP contribution in [0.3, 0.4) is 0 Å². The average Bonchev–Trinajstić information content (AvgIpc) is 3.26. The molecule has 0 saturated heterocycles. The van der Waals surface area contributed by atoms with Crippen LogP contribution in [-0.4, -0.2) is 19.9 Å². The van der Waals surface area contributed by atoms with Crippen molar-refractivity contribution in [1.82, 2.24) is 19.9 Å². The maximum Gasteiger partial charge on any atom is 0.160 e. The van der Waals surface area contributed by atoms with Crippen LogP contribution in [-0.2, 0) is 0 Å². The first-order chi connectivity index (χ1) is 26.7. The van der Waals surface area contributed by atoms with Crippen molar-refractivity contribution in [1.29, 1.82) is 0 Å². The standard InChI is InChI=1S/C50H32N4/c1-4-12-33(13-5-1)34-20-22-37(23-21-34)46-32-45(36-16-8-3-9-17-36)53-50(54-46)40-26-24-38(25-27-40)47-41-18-10-11-19-44(41)52-49-42(47)30-28-39-29-31-43(51-48(39)49)35-14-6-2-7-15-35/h1-32H. The normalized spacial score (nSPS) is 11.3. The predicted octanol–water partition coefficient (Wildman–Crippen LogP) is 12.7. The lowest BCUT2D eigenvalue weighted by Gasteiger charge is -2.14. The second-order valence-electron chi connectivity index (χ2n) is 13.4. The third-order valence-corrected chi connectivity index (χ3v) is 10.1. The van der Waals surface area contributed by atoms with E-state index in [0.717, 1.165) is 83.2 Å². The van der Waals surface area contributed by atoms with Gasteiger partial charge < -0.3 is 0 Å². The Morgan fingerprint density at radius 3 is 1.46 bits per heavy atom.